The summed E-state index contributed by atoms with van der Waals surface area (Å²) in [5.41, 5.74) is 6.97. The van der Waals surface area contributed by atoms with Gasteiger partial charge in [-0.15, -0.1) is 0 Å². The molecule has 0 unspecified atom stereocenters. The van der Waals surface area contributed by atoms with E-state index in [-0.39, 0.29) is 28.9 Å². The number of fused-ring (bicyclic) bond motifs is 1. The Hall–Kier alpha value is -4.19. The fourth-order valence-corrected chi connectivity index (χ4v) is 3.37. The van der Waals surface area contributed by atoms with Crippen LogP contribution in [0.1, 0.15) is 21.5 Å². The van der Waals surface area contributed by atoms with Gasteiger partial charge in [-0.1, -0.05) is 66.7 Å². The number of hydrogen-bond acceptors (Lipinski definition) is 4. The topological polar surface area (TPSA) is 88.4 Å². The Morgan fingerprint density at radius 2 is 1.52 bits per heavy atom. The van der Waals surface area contributed by atoms with E-state index in [1.807, 2.05) is 60.7 Å². The van der Waals surface area contributed by atoms with Crippen LogP contribution < -0.4 is 16.3 Å². The molecule has 0 atom stereocenters. The van der Waals surface area contributed by atoms with Crippen molar-refractivity contribution in [1.29, 1.82) is 0 Å². The van der Waals surface area contributed by atoms with Crippen LogP contribution in [0, 0.1) is 6.92 Å². The summed E-state index contributed by atoms with van der Waals surface area (Å²) in [7, 11) is 0. The first kappa shape index (κ1) is 20.1. The molecule has 0 aliphatic heterocycles. The molecule has 1 aromatic heterocycles. The van der Waals surface area contributed by atoms with Crippen LogP contribution in [0.25, 0.3) is 22.3 Å². The zero-order valence-electron chi connectivity index (χ0n) is 16.8. The second-order valence-corrected chi connectivity index (χ2v) is 7.10. The van der Waals surface area contributed by atoms with E-state index in [1.54, 1.807) is 25.1 Å². The minimum Gasteiger partial charge on any atom is -0.455 e. The van der Waals surface area contributed by atoms with Crippen LogP contribution in [0.4, 0.5) is 0 Å². The zero-order chi connectivity index (χ0) is 21.8. The SMILES string of the molecule is Cc1c(-c2ccccc2)oc2c(C(=O)NNC(=O)Cc3ccccc3)cccc2c1=O. The van der Waals surface area contributed by atoms with Crippen LogP contribution >= 0.6 is 0 Å². The lowest BCUT2D eigenvalue weighted by Gasteiger charge is -2.11. The van der Waals surface area contributed by atoms with Crippen LogP contribution in [0.5, 0.6) is 0 Å². The van der Waals surface area contributed by atoms with Gasteiger partial charge in [0.25, 0.3) is 5.91 Å². The Morgan fingerprint density at radius 1 is 0.839 bits per heavy atom. The molecule has 6 nitrogen and oxygen atoms in total. The summed E-state index contributed by atoms with van der Waals surface area (Å²) >= 11 is 0. The number of amides is 2. The van der Waals surface area contributed by atoms with E-state index >= 15 is 0 Å². The molecule has 0 saturated carbocycles. The van der Waals surface area contributed by atoms with Gasteiger partial charge in [0.1, 0.15) is 5.76 Å². The molecule has 0 radical (unpaired) electrons. The highest BCUT2D eigenvalue weighted by atomic mass is 16.3. The molecule has 0 aliphatic carbocycles. The second kappa shape index (κ2) is 8.67. The molecule has 1 heterocycles. The van der Waals surface area contributed by atoms with E-state index in [0.29, 0.717) is 16.7 Å². The van der Waals surface area contributed by atoms with E-state index < -0.39 is 5.91 Å². The van der Waals surface area contributed by atoms with E-state index in [4.69, 9.17) is 4.42 Å². The summed E-state index contributed by atoms with van der Waals surface area (Å²) in [6.07, 6.45) is 0.128. The molecule has 4 aromatic rings. The summed E-state index contributed by atoms with van der Waals surface area (Å²) < 4.78 is 6.04. The Morgan fingerprint density at radius 3 is 2.23 bits per heavy atom. The molecule has 3 aromatic carbocycles. The first-order valence-electron chi connectivity index (χ1n) is 9.79. The summed E-state index contributed by atoms with van der Waals surface area (Å²) in [4.78, 5) is 37.8. The van der Waals surface area contributed by atoms with Crippen molar-refractivity contribution < 1.29 is 14.0 Å². The molecular weight excluding hydrogens is 392 g/mol. The summed E-state index contributed by atoms with van der Waals surface area (Å²) in [6, 6.07) is 23.2. The lowest BCUT2D eigenvalue weighted by atomic mass is 10.0. The highest BCUT2D eigenvalue weighted by molar-refractivity contribution is 6.05. The van der Waals surface area contributed by atoms with Gasteiger partial charge in [-0.3, -0.25) is 25.2 Å². The Balaban J connectivity index is 1.63. The molecule has 0 bridgehead atoms. The number of carbonyl (C=O) groups excluding carboxylic acids is 2. The maximum absolute atomic E-state index is 12.9. The first-order chi connectivity index (χ1) is 15.0. The van der Waals surface area contributed by atoms with Crippen molar-refractivity contribution in [3.05, 3.63) is 106 Å². The molecule has 6 heteroatoms. The zero-order valence-corrected chi connectivity index (χ0v) is 16.8. The molecule has 4 rings (SSSR count). The number of para-hydroxylation sites is 1. The average molecular weight is 412 g/mol. The van der Waals surface area contributed by atoms with Gasteiger partial charge in [-0.2, -0.15) is 0 Å². The molecule has 0 aliphatic rings. The van der Waals surface area contributed by atoms with Crippen LogP contribution in [-0.2, 0) is 11.2 Å². The predicted octanol–water partition coefficient (Wildman–Crippen LogP) is 3.77. The highest BCUT2D eigenvalue weighted by Gasteiger charge is 2.18. The van der Waals surface area contributed by atoms with Crippen molar-refractivity contribution in [2.75, 3.05) is 0 Å². The quantitative estimate of drug-likeness (QED) is 0.500. The molecule has 154 valence electrons. The fourth-order valence-electron chi connectivity index (χ4n) is 3.37. The smallest absolute Gasteiger partial charge is 0.273 e. The largest absolute Gasteiger partial charge is 0.455 e. The van der Waals surface area contributed by atoms with Crippen molar-refractivity contribution >= 4 is 22.8 Å². The number of benzene rings is 3. The molecule has 0 saturated heterocycles. The first-order valence-corrected chi connectivity index (χ1v) is 9.79. The monoisotopic (exact) mass is 412 g/mol. The third kappa shape index (κ3) is 4.23. The number of hydrogen-bond donors (Lipinski definition) is 2. The summed E-state index contributed by atoms with van der Waals surface area (Å²) in [6.45, 7) is 1.70. The molecule has 0 fully saturated rings. The Kier molecular flexibility index (Phi) is 5.62. The van der Waals surface area contributed by atoms with Gasteiger partial charge in [-0.25, -0.2) is 0 Å². The molecule has 2 N–H and O–H groups in total. The van der Waals surface area contributed by atoms with Crippen molar-refractivity contribution in [2.45, 2.75) is 13.3 Å². The third-order valence-electron chi connectivity index (χ3n) is 4.95. The average Bonchev–Trinajstić information content (AvgIpc) is 2.80. The van der Waals surface area contributed by atoms with Gasteiger partial charge in [0.15, 0.2) is 11.0 Å². The summed E-state index contributed by atoms with van der Waals surface area (Å²) in [5, 5.41) is 0.306. The maximum Gasteiger partial charge on any atom is 0.273 e. The number of carbonyl (C=O) groups is 2. The minimum atomic E-state index is -0.571. The van der Waals surface area contributed by atoms with Gasteiger partial charge in [0.2, 0.25) is 5.91 Å². The van der Waals surface area contributed by atoms with Gasteiger partial charge in [0, 0.05) is 11.1 Å². The standard InChI is InChI=1S/C25H20N2O4/c1-16-22(29)19-13-8-14-20(24(19)31-23(16)18-11-6-3-7-12-18)25(30)27-26-21(28)15-17-9-4-2-5-10-17/h2-14H,15H2,1H3,(H,26,28)(H,27,30). The molecule has 2 amide bonds. The van der Waals surface area contributed by atoms with Gasteiger partial charge >= 0.3 is 0 Å². The Bertz CT molecular complexity index is 1310. The van der Waals surface area contributed by atoms with Crippen LogP contribution in [0.3, 0.4) is 0 Å². The molecular formula is C25H20N2O4. The van der Waals surface area contributed by atoms with E-state index in [9.17, 15) is 14.4 Å². The lowest BCUT2D eigenvalue weighted by molar-refractivity contribution is -0.121. The van der Waals surface area contributed by atoms with Crippen LogP contribution in [0.15, 0.2) is 88.1 Å². The normalized spacial score (nSPS) is 10.6. The van der Waals surface area contributed by atoms with E-state index in [2.05, 4.69) is 10.9 Å². The van der Waals surface area contributed by atoms with Gasteiger partial charge in [-0.05, 0) is 24.6 Å². The maximum atomic E-state index is 12.9. The predicted molar refractivity (Wildman–Crippen MR) is 118 cm³/mol. The number of rotatable bonds is 4. The molecule has 31 heavy (non-hydrogen) atoms. The van der Waals surface area contributed by atoms with Gasteiger partial charge in [0.05, 0.1) is 17.4 Å². The third-order valence-corrected chi connectivity index (χ3v) is 4.95. The van der Waals surface area contributed by atoms with Crippen molar-refractivity contribution in [1.82, 2.24) is 10.9 Å². The van der Waals surface area contributed by atoms with Crippen molar-refractivity contribution in [3.8, 4) is 11.3 Å². The second-order valence-electron chi connectivity index (χ2n) is 7.10. The number of nitrogens with one attached hydrogen (secondary N) is 2. The van der Waals surface area contributed by atoms with Crippen LogP contribution in [0.2, 0.25) is 0 Å². The van der Waals surface area contributed by atoms with E-state index in [1.165, 1.54) is 0 Å². The van der Waals surface area contributed by atoms with Gasteiger partial charge < -0.3 is 4.42 Å². The lowest BCUT2D eigenvalue weighted by Crippen LogP contribution is -2.42. The van der Waals surface area contributed by atoms with Crippen LogP contribution in [-0.4, -0.2) is 11.8 Å². The summed E-state index contributed by atoms with van der Waals surface area (Å²) in [5.74, 6) is -0.522. The van der Waals surface area contributed by atoms with Crippen molar-refractivity contribution in [3.63, 3.8) is 0 Å². The Labute approximate surface area is 178 Å². The van der Waals surface area contributed by atoms with Crippen molar-refractivity contribution in [2.24, 2.45) is 0 Å². The number of hydrazine groups is 1. The highest BCUT2D eigenvalue weighted by Crippen LogP contribution is 2.27. The molecule has 0 spiro atoms. The van der Waals surface area contributed by atoms with E-state index in [0.717, 1.165) is 11.1 Å². The minimum absolute atomic E-state index is 0.128. The fraction of sp³-hybridized carbons (Fsp3) is 0.0800.